The van der Waals surface area contributed by atoms with E-state index >= 15 is 4.79 Å². The van der Waals surface area contributed by atoms with Crippen molar-refractivity contribution in [2.24, 2.45) is 29.6 Å². The Morgan fingerprint density at radius 1 is 0.914 bits per heavy atom. The van der Waals surface area contributed by atoms with E-state index in [1.165, 1.54) is 33.8 Å². The summed E-state index contributed by atoms with van der Waals surface area (Å²) in [4.78, 5) is 58.8. The van der Waals surface area contributed by atoms with Gasteiger partial charge in [-0.1, -0.05) is 27.7 Å². The van der Waals surface area contributed by atoms with Crippen molar-refractivity contribution in [3.8, 4) is 0 Å². The number of carbonyl (C=O) groups excluding carboxylic acids is 3. The number of likely N-dealkylation sites (N-methyl/N-ethyl adjacent to an activating group) is 1. The molecule has 4 aliphatic heterocycles. The first kappa shape index (κ1) is 55.9. The molecule has 0 radical (unpaired) electrons. The third-order valence-corrected chi connectivity index (χ3v) is 18.0. The summed E-state index contributed by atoms with van der Waals surface area (Å²) in [6.45, 7) is 17.2. The third kappa shape index (κ3) is 10.8. The fraction of sp³-hybridized carbons (Fsp3) is 0.833. The Balaban J connectivity index is 1.43. The van der Waals surface area contributed by atoms with Gasteiger partial charge in [-0.15, -0.1) is 0 Å². The molecule has 4 N–H and O–H groups in total. The molecule has 21 nitrogen and oxygen atoms in total. The van der Waals surface area contributed by atoms with Crippen LogP contribution < -0.4 is 5.73 Å². The van der Waals surface area contributed by atoms with Gasteiger partial charge in [0.2, 0.25) is 0 Å². The molecule has 70 heavy (non-hydrogen) atoms. The highest BCUT2D eigenvalue weighted by Crippen LogP contribution is 2.48. The van der Waals surface area contributed by atoms with Crippen LogP contribution >= 0.6 is 0 Å². The topological polar surface area (TPSA) is 273 Å². The van der Waals surface area contributed by atoms with E-state index in [-0.39, 0.29) is 56.0 Å². The number of esters is 2. The summed E-state index contributed by atoms with van der Waals surface area (Å²) < 4.78 is 82.1. The molecule has 19 atom stereocenters. The minimum absolute atomic E-state index is 0.00655. The number of ether oxygens (including phenoxy) is 8. The molecule has 0 aromatic carbocycles. The number of aryl methyl sites for hydroxylation is 1. The molecule has 0 bridgehead atoms. The molecule has 0 saturated carbocycles. The number of nitrogen functional groups attached to an aromatic ring is 1. The van der Waals surface area contributed by atoms with Crippen LogP contribution in [0.25, 0.3) is 11.2 Å². The first-order valence-corrected chi connectivity index (χ1v) is 26.2. The SMILES string of the molecule is CC[C@H]1OC(=O)[C@H](C)[C@@H](O[C@H]2C[C@@](C)(OC)[C@@H](O)[C@@H](C)O2)[C@H](C)[C@@H](O[C@@H]2O[C@H](C)C[C@H](N(C)C)[C@H]2O)[C@](C)(OC)C[C@@H](C)C(=O)[C@H](C)C2C(S(=O)(=O)CCCn3cnc4c(N)ncnc43)C(=O)O[C@@]21C. The lowest BCUT2D eigenvalue weighted by Gasteiger charge is -2.50. The average molecular weight is 1010 g/mol. The van der Waals surface area contributed by atoms with Crippen LogP contribution in [0.15, 0.2) is 12.7 Å². The number of cyclic esters (lactones) is 1. The van der Waals surface area contributed by atoms with Crippen molar-refractivity contribution in [1.82, 2.24) is 24.4 Å². The Kier molecular flexibility index (Phi) is 17.2. The normalized spacial score (nSPS) is 41.5. The zero-order valence-corrected chi connectivity index (χ0v) is 44.1. The Hall–Kier alpha value is -3.45. The summed E-state index contributed by atoms with van der Waals surface area (Å²) in [6.07, 6.45) is -5.41. The lowest BCUT2D eigenvalue weighted by Crippen LogP contribution is -2.61. The van der Waals surface area contributed by atoms with Crippen molar-refractivity contribution in [3.05, 3.63) is 12.7 Å². The van der Waals surface area contributed by atoms with E-state index in [1.807, 2.05) is 32.8 Å². The summed E-state index contributed by atoms with van der Waals surface area (Å²) in [7, 11) is 2.30. The molecule has 396 valence electrons. The summed E-state index contributed by atoms with van der Waals surface area (Å²) in [5.74, 6) is -7.74. The first-order valence-electron chi connectivity index (χ1n) is 24.5. The summed E-state index contributed by atoms with van der Waals surface area (Å²) in [6, 6.07) is -0.352. The van der Waals surface area contributed by atoms with Gasteiger partial charge in [0.1, 0.15) is 35.9 Å². The smallest absolute Gasteiger partial charge is 0.325 e. The van der Waals surface area contributed by atoms with E-state index in [0.29, 0.717) is 17.6 Å². The molecule has 4 saturated heterocycles. The zero-order valence-electron chi connectivity index (χ0n) is 43.3. The maximum absolute atomic E-state index is 15.1. The van der Waals surface area contributed by atoms with Crippen LogP contribution in [0.2, 0.25) is 0 Å². The molecule has 2 aromatic rings. The average Bonchev–Trinajstić information content (AvgIpc) is 3.85. The van der Waals surface area contributed by atoms with E-state index in [1.54, 1.807) is 53.0 Å². The van der Waals surface area contributed by atoms with Crippen LogP contribution in [0.5, 0.6) is 0 Å². The number of Topliss-reactive ketones (excluding diaryl/α,β-unsaturated/α-hetero) is 1. The largest absolute Gasteiger partial charge is 0.458 e. The van der Waals surface area contributed by atoms with Gasteiger partial charge in [0.25, 0.3) is 0 Å². The van der Waals surface area contributed by atoms with Crippen LogP contribution in [0.4, 0.5) is 5.82 Å². The van der Waals surface area contributed by atoms with E-state index in [2.05, 4.69) is 15.0 Å². The number of aliphatic hydroxyl groups is 2. The molecule has 6 heterocycles. The van der Waals surface area contributed by atoms with Crippen LogP contribution in [0.3, 0.4) is 0 Å². The van der Waals surface area contributed by atoms with Crippen LogP contribution in [-0.4, -0.2) is 178 Å². The minimum atomic E-state index is -4.37. The Morgan fingerprint density at radius 2 is 1.59 bits per heavy atom. The van der Waals surface area contributed by atoms with Crippen molar-refractivity contribution >= 4 is 44.5 Å². The highest BCUT2D eigenvalue weighted by molar-refractivity contribution is 7.92. The van der Waals surface area contributed by atoms with Gasteiger partial charge < -0.3 is 63.3 Å². The van der Waals surface area contributed by atoms with E-state index in [4.69, 9.17) is 43.6 Å². The van der Waals surface area contributed by atoms with Gasteiger partial charge in [0.05, 0.1) is 53.6 Å². The highest BCUT2D eigenvalue weighted by atomic mass is 32.2. The van der Waals surface area contributed by atoms with Gasteiger partial charge in [-0.25, -0.2) is 23.4 Å². The minimum Gasteiger partial charge on any atom is -0.458 e. The van der Waals surface area contributed by atoms with Crippen LogP contribution in [0, 0.1) is 29.6 Å². The lowest BCUT2D eigenvalue weighted by molar-refractivity contribution is -0.319. The van der Waals surface area contributed by atoms with Crippen molar-refractivity contribution in [1.29, 1.82) is 0 Å². The molecule has 4 aliphatic rings. The molecule has 2 unspecified atom stereocenters. The van der Waals surface area contributed by atoms with Gasteiger partial charge in [0.15, 0.2) is 44.7 Å². The Bertz CT molecular complexity index is 2290. The maximum Gasteiger partial charge on any atom is 0.325 e. The molecular weight excluding hydrogens is 933 g/mol. The number of methoxy groups -OCH3 is 2. The van der Waals surface area contributed by atoms with Gasteiger partial charge in [-0.05, 0) is 81.3 Å². The Labute approximate surface area is 412 Å². The molecule has 2 aromatic heterocycles. The number of rotatable bonds is 13. The first-order chi connectivity index (χ1) is 32.7. The predicted molar refractivity (Wildman–Crippen MR) is 254 cm³/mol. The van der Waals surface area contributed by atoms with Crippen molar-refractivity contribution in [3.63, 3.8) is 0 Å². The second-order valence-electron chi connectivity index (χ2n) is 21.1. The second kappa shape index (κ2) is 21.6. The van der Waals surface area contributed by atoms with Crippen LogP contribution in [-0.2, 0) is 68.7 Å². The fourth-order valence-electron chi connectivity index (χ4n) is 11.7. The maximum atomic E-state index is 15.1. The zero-order chi connectivity index (χ0) is 52.0. The molecule has 0 aliphatic carbocycles. The number of aliphatic hydroxyl groups excluding tert-OH is 2. The number of carbonyl (C=O) groups is 3. The van der Waals surface area contributed by atoms with Crippen molar-refractivity contribution in [2.75, 3.05) is 39.8 Å². The van der Waals surface area contributed by atoms with E-state index in [0.717, 1.165) is 0 Å². The summed E-state index contributed by atoms with van der Waals surface area (Å²) in [5, 5.41) is 21.1. The van der Waals surface area contributed by atoms with Crippen molar-refractivity contribution < 1.29 is 70.9 Å². The van der Waals surface area contributed by atoms with Gasteiger partial charge in [-0.2, -0.15) is 0 Å². The van der Waals surface area contributed by atoms with Crippen LogP contribution in [0.1, 0.15) is 101 Å². The number of hydrogen-bond acceptors (Lipinski definition) is 20. The predicted octanol–water partition coefficient (Wildman–Crippen LogP) is 2.86. The highest BCUT2D eigenvalue weighted by Gasteiger charge is 2.65. The molecule has 22 heteroatoms. The molecule has 0 amide bonds. The number of ketones is 1. The van der Waals surface area contributed by atoms with Gasteiger partial charge in [-0.3, -0.25) is 14.4 Å². The number of fused-ring (bicyclic) bond motifs is 2. The van der Waals surface area contributed by atoms with E-state index in [9.17, 15) is 28.2 Å². The number of imidazole rings is 1. The number of anilines is 1. The standard InChI is InChI=1S/C48H78N6O15S/c1-15-31-48(10)33(38(44(59)69-48)70(60,61)18-16-17-54-23-52-34-41(49)50-22-51-42(34)54)26(4)35(55)24(2)20-47(9,63-14)40(68-45-36(56)30(53(11)12)19-25(3)64-45)27(5)37(28(6)43(58)66-31)67-32-21-46(8,62-13)39(57)29(7)65-32/h22-33,36-40,45,56-57H,15-21H2,1-14H3,(H2,49,50,51)/t24-,25-,26-,27+,28-,29-,30+,31-,32+,33?,36-,37+,38?,39+,40-,45+,46-,47-,48-/m1/s1. The molecular formula is C48H78N6O15S. The quantitative estimate of drug-likeness (QED) is 0.243. The third-order valence-electron chi connectivity index (χ3n) is 15.9. The summed E-state index contributed by atoms with van der Waals surface area (Å²) in [5.41, 5.74) is 2.46. The molecule has 0 spiro atoms. The lowest BCUT2D eigenvalue weighted by atomic mass is 9.70. The van der Waals surface area contributed by atoms with Crippen molar-refractivity contribution in [2.45, 2.75) is 191 Å². The number of hydrogen-bond donors (Lipinski definition) is 3. The number of nitrogens with zero attached hydrogens (tertiary/aromatic N) is 5. The summed E-state index contributed by atoms with van der Waals surface area (Å²) >= 11 is 0. The number of nitrogens with two attached hydrogens (primary N) is 1. The van der Waals surface area contributed by atoms with Gasteiger partial charge >= 0.3 is 11.9 Å². The molecule has 6 rings (SSSR count). The molecule has 4 fully saturated rings. The van der Waals surface area contributed by atoms with E-state index < -0.39 is 128 Å². The monoisotopic (exact) mass is 1010 g/mol. The number of sulfone groups is 1. The fourth-order valence-corrected chi connectivity index (χ4v) is 13.8. The number of aromatic nitrogens is 4. The van der Waals surface area contributed by atoms with Gasteiger partial charge in [0, 0.05) is 56.9 Å². The second-order valence-corrected chi connectivity index (χ2v) is 23.3. The Morgan fingerprint density at radius 3 is 2.21 bits per heavy atom.